The van der Waals surface area contributed by atoms with Gasteiger partial charge in [0.2, 0.25) is 0 Å². The van der Waals surface area contributed by atoms with Crippen LogP contribution in [0.1, 0.15) is 35.8 Å². The van der Waals surface area contributed by atoms with Crippen LogP contribution in [0.25, 0.3) is 22.3 Å². The van der Waals surface area contributed by atoms with Gasteiger partial charge in [-0.15, -0.1) is 11.8 Å². The Morgan fingerprint density at radius 1 is 1.13 bits per heavy atom. The highest BCUT2D eigenvalue weighted by Crippen LogP contribution is 2.28. The number of hydrogen-bond acceptors (Lipinski definition) is 5. The van der Waals surface area contributed by atoms with E-state index in [9.17, 15) is 4.79 Å². The predicted octanol–water partition coefficient (Wildman–Crippen LogP) is 5.36. The van der Waals surface area contributed by atoms with E-state index in [1.165, 1.54) is 0 Å². The first kappa shape index (κ1) is 20.1. The van der Waals surface area contributed by atoms with Gasteiger partial charge in [-0.05, 0) is 50.8 Å². The molecule has 1 aromatic carbocycles. The highest BCUT2D eigenvalue weighted by atomic mass is 32.2. The first-order valence-electron chi connectivity index (χ1n) is 9.73. The van der Waals surface area contributed by atoms with Gasteiger partial charge in [-0.1, -0.05) is 24.3 Å². The fourth-order valence-corrected chi connectivity index (χ4v) is 3.72. The molecule has 0 bridgehead atoms. The number of thioether (sulfide) groups is 1. The average molecular weight is 418 g/mol. The predicted molar refractivity (Wildman–Crippen MR) is 122 cm³/mol. The van der Waals surface area contributed by atoms with Crippen molar-refractivity contribution < 1.29 is 4.79 Å². The lowest BCUT2D eigenvalue weighted by Gasteiger charge is -2.12. The monoisotopic (exact) mass is 417 g/mol. The van der Waals surface area contributed by atoms with Gasteiger partial charge in [-0.2, -0.15) is 5.10 Å². The van der Waals surface area contributed by atoms with Crippen LogP contribution in [0.4, 0.5) is 5.69 Å². The average Bonchev–Trinajstić information content (AvgIpc) is 3.18. The van der Waals surface area contributed by atoms with Crippen molar-refractivity contribution in [1.82, 2.24) is 19.7 Å². The fraction of sp³-hybridized carbons (Fsp3) is 0.217. The van der Waals surface area contributed by atoms with Gasteiger partial charge >= 0.3 is 0 Å². The lowest BCUT2D eigenvalue weighted by Crippen LogP contribution is -2.13. The minimum atomic E-state index is -0.209. The van der Waals surface area contributed by atoms with Crippen LogP contribution in [0.5, 0.6) is 0 Å². The Hall–Kier alpha value is -3.19. The summed E-state index contributed by atoms with van der Waals surface area (Å²) in [5.74, 6) is -0.209. The van der Waals surface area contributed by atoms with Gasteiger partial charge in [0.15, 0.2) is 5.65 Å². The quantitative estimate of drug-likeness (QED) is 0.443. The molecule has 30 heavy (non-hydrogen) atoms. The highest BCUT2D eigenvalue weighted by Gasteiger charge is 2.19. The van der Waals surface area contributed by atoms with Gasteiger partial charge in [-0.3, -0.25) is 4.79 Å². The largest absolute Gasteiger partial charge is 0.321 e. The summed E-state index contributed by atoms with van der Waals surface area (Å²) in [6.45, 7) is 6.14. The number of amides is 1. The number of aryl methyl sites for hydroxylation is 1. The second kappa shape index (κ2) is 8.28. The van der Waals surface area contributed by atoms with Crippen molar-refractivity contribution >= 4 is 34.4 Å². The SMILES string of the molecule is CSc1ccc(NC(=O)c2cc(-c3ccccc3C)nc3c2cnn3C(C)C)cn1. The van der Waals surface area contributed by atoms with Crippen molar-refractivity contribution in [3.63, 3.8) is 0 Å². The lowest BCUT2D eigenvalue weighted by atomic mass is 10.0. The molecule has 0 atom stereocenters. The van der Waals surface area contributed by atoms with Crippen LogP contribution in [0.2, 0.25) is 0 Å². The molecule has 0 unspecified atom stereocenters. The number of fused-ring (bicyclic) bond motifs is 1. The maximum absolute atomic E-state index is 13.2. The summed E-state index contributed by atoms with van der Waals surface area (Å²) in [7, 11) is 0. The second-order valence-corrected chi connectivity index (χ2v) is 8.16. The summed E-state index contributed by atoms with van der Waals surface area (Å²) in [5.41, 5.74) is 4.74. The summed E-state index contributed by atoms with van der Waals surface area (Å²) in [4.78, 5) is 22.4. The summed E-state index contributed by atoms with van der Waals surface area (Å²) >= 11 is 1.56. The van der Waals surface area contributed by atoms with E-state index in [4.69, 9.17) is 4.98 Å². The molecule has 7 heteroatoms. The van der Waals surface area contributed by atoms with Crippen LogP contribution in [0, 0.1) is 6.92 Å². The number of benzene rings is 1. The molecule has 3 aromatic heterocycles. The van der Waals surface area contributed by atoms with E-state index in [0.717, 1.165) is 27.2 Å². The molecule has 1 N–H and O–H groups in total. The number of anilines is 1. The Balaban J connectivity index is 1.82. The maximum Gasteiger partial charge on any atom is 0.256 e. The van der Waals surface area contributed by atoms with Gasteiger partial charge in [0.05, 0.1) is 39.8 Å². The number of nitrogens with one attached hydrogen (secondary N) is 1. The van der Waals surface area contributed by atoms with Crippen molar-refractivity contribution in [2.75, 3.05) is 11.6 Å². The molecular weight excluding hydrogens is 394 g/mol. The molecule has 0 saturated carbocycles. The number of aromatic nitrogens is 4. The van der Waals surface area contributed by atoms with Crippen LogP contribution >= 0.6 is 11.8 Å². The van der Waals surface area contributed by atoms with Crippen molar-refractivity contribution in [2.45, 2.75) is 31.8 Å². The zero-order valence-corrected chi connectivity index (χ0v) is 18.2. The molecule has 3 heterocycles. The molecule has 6 nitrogen and oxygen atoms in total. The normalized spacial score (nSPS) is 11.2. The third kappa shape index (κ3) is 3.80. The fourth-order valence-electron chi connectivity index (χ4n) is 3.36. The van der Waals surface area contributed by atoms with E-state index in [1.807, 2.05) is 74.2 Å². The molecule has 0 radical (unpaired) electrons. The molecule has 0 fully saturated rings. The molecule has 0 aliphatic carbocycles. The summed E-state index contributed by atoms with van der Waals surface area (Å²) in [6, 6.07) is 13.7. The van der Waals surface area contributed by atoms with E-state index < -0.39 is 0 Å². The number of carbonyl (C=O) groups is 1. The van der Waals surface area contributed by atoms with Gasteiger partial charge < -0.3 is 5.32 Å². The second-order valence-electron chi connectivity index (χ2n) is 7.33. The summed E-state index contributed by atoms with van der Waals surface area (Å²) in [5, 5.41) is 9.07. The van der Waals surface area contributed by atoms with Gasteiger partial charge in [0.25, 0.3) is 5.91 Å². The third-order valence-electron chi connectivity index (χ3n) is 4.92. The Kier molecular flexibility index (Phi) is 5.55. The maximum atomic E-state index is 13.2. The molecule has 0 aliphatic heterocycles. The zero-order chi connectivity index (χ0) is 21.3. The van der Waals surface area contributed by atoms with E-state index in [0.29, 0.717) is 16.9 Å². The molecule has 4 aromatic rings. The Morgan fingerprint density at radius 2 is 1.93 bits per heavy atom. The first-order valence-corrected chi connectivity index (χ1v) is 11.0. The highest BCUT2D eigenvalue weighted by molar-refractivity contribution is 7.98. The van der Waals surface area contributed by atoms with Crippen molar-refractivity contribution in [3.05, 3.63) is 66.0 Å². The van der Waals surface area contributed by atoms with Crippen molar-refractivity contribution in [3.8, 4) is 11.3 Å². The molecule has 152 valence electrons. The van der Waals surface area contributed by atoms with Crippen LogP contribution < -0.4 is 5.32 Å². The molecule has 0 spiro atoms. The Bertz CT molecular complexity index is 1210. The molecule has 0 aliphatic rings. The number of hydrogen-bond donors (Lipinski definition) is 1. The topological polar surface area (TPSA) is 72.7 Å². The minimum absolute atomic E-state index is 0.126. The van der Waals surface area contributed by atoms with E-state index >= 15 is 0 Å². The summed E-state index contributed by atoms with van der Waals surface area (Å²) < 4.78 is 1.85. The summed E-state index contributed by atoms with van der Waals surface area (Å²) in [6.07, 6.45) is 5.35. The van der Waals surface area contributed by atoms with Crippen LogP contribution in [-0.2, 0) is 0 Å². The smallest absolute Gasteiger partial charge is 0.256 e. The number of pyridine rings is 2. The van der Waals surface area contributed by atoms with Gasteiger partial charge in [0, 0.05) is 11.6 Å². The third-order valence-corrected chi connectivity index (χ3v) is 5.58. The first-order chi connectivity index (χ1) is 14.5. The molecular formula is C23H23N5OS. The minimum Gasteiger partial charge on any atom is -0.321 e. The molecule has 4 rings (SSSR count). The van der Waals surface area contributed by atoms with Crippen LogP contribution in [0.15, 0.2) is 59.9 Å². The van der Waals surface area contributed by atoms with E-state index in [1.54, 1.807) is 24.2 Å². The van der Waals surface area contributed by atoms with Gasteiger partial charge in [0.1, 0.15) is 0 Å². The van der Waals surface area contributed by atoms with E-state index in [2.05, 4.69) is 15.4 Å². The number of rotatable bonds is 5. The van der Waals surface area contributed by atoms with Crippen LogP contribution in [0.3, 0.4) is 0 Å². The van der Waals surface area contributed by atoms with Crippen LogP contribution in [-0.4, -0.2) is 31.9 Å². The zero-order valence-electron chi connectivity index (χ0n) is 17.4. The molecule has 1 amide bonds. The van der Waals surface area contributed by atoms with Crippen molar-refractivity contribution in [2.24, 2.45) is 0 Å². The Morgan fingerprint density at radius 3 is 2.60 bits per heavy atom. The lowest BCUT2D eigenvalue weighted by molar-refractivity contribution is 0.102. The van der Waals surface area contributed by atoms with Gasteiger partial charge in [-0.25, -0.2) is 14.6 Å². The number of carbonyl (C=O) groups excluding carboxylic acids is 1. The number of nitrogens with zero attached hydrogens (tertiary/aromatic N) is 4. The van der Waals surface area contributed by atoms with Crippen molar-refractivity contribution in [1.29, 1.82) is 0 Å². The Labute approximate surface area is 179 Å². The van der Waals surface area contributed by atoms with E-state index in [-0.39, 0.29) is 11.9 Å². The standard InChI is InChI=1S/C23H23N5OS/c1-14(2)28-22-19(13-25-28)18(11-20(27-22)17-8-6-5-7-15(17)3)23(29)26-16-9-10-21(30-4)24-12-16/h5-14H,1-4H3,(H,26,29). The molecule has 0 saturated heterocycles.